The molecule has 0 aliphatic rings. The van der Waals surface area contributed by atoms with Gasteiger partial charge in [0.15, 0.2) is 0 Å². The maximum atomic E-state index is 13.3. The molecule has 4 heteroatoms. The summed E-state index contributed by atoms with van der Waals surface area (Å²) >= 11 is 0. The van der Waals surface area contributed by atoms with E-state index >= 15 is 0 Å². The fourth-order valence-corrected chi connectivity index (χ4v) is 2.23. The number of rotatable bonds is 4. The van der Waals surface area contributed by atoms with Crippen molar-refractivity contribution in [2.45, 2.75) is 13.8 Å². The van der Waals surface area contributed by atoms with Crippen LogP contribution in [0.1, 0.15) is 22.8 Å². The van der Waals surface area contributed by atoms with Crippen LogP contribution in [0.2, 0.25) is 0 Å². The van der Waals surface area contributed by atoms with Crippen LogP contribution >= 0.6 is 0 Å². The van der Waals surface area contributed by atoms with Gasteiger partial charge in [-0.15, -0.1) is 0 Å². The van der Waals surface area contributed by atoms with Crippen LogP contribution in [-0.2, 0) is 0 Å². The lowest BCUT2D eigenvalue weighted by molar-refractivity contribution is 0.0697. The summed E-state index contributed by atoms with van der Waals surface area (Å²) in [6.45, 7) is 4.48. The molecule has 0 fully saturated rings. The molecule has 0 aliphatic heterocycles. The summed E-state index contributed by atoms with van der Waals surface area (Å²) in [6, 6.07) is 11.3. The number of aryl methyl sites for hydroxylation is 1. The molecule has 20 heavy (non-hydrogen) atoms. The van der Waals surface area contributed by atoms with Gasteiger partial charge in [0.2, 0.25) is 0 Å². The number of nitrogens with zero attached hydrogens (tertiary/aromatic N) is 1. The molecule has 2 aromatic carbocycles. The third-order valence-electron chi connectivity index (χ3n) is 3.17. The minimum absolute atomic E-state index is 0.251. The number of hydrogen-bond donors (Lipinski definition) is 1. The quantitative estimate of drug-likeness (QED) is 0.915. The lowest BCUT2D eigenvalue weighted by Crippen LogP contribution is -2.17. The molecule has 0 radical (unpaired) electrons. The van der Waals surface area contributed by atoms with Gasteiger partial charge >= 0.3 is 5.97 Å². The van der Waals surface area contributed by atoms with Gasteiger partial charge in [0.1, 0.15) is 5.82 Å². The summed E-state index contributed by atoms with van der Waals surface area (Å²) < 4.78 is 13.3. The van der Waals surface area contributed by atoms with Gasteiger partial charge in [-0.2, -0.15) is 0 Å². The third-order valence-corrected chi connectivity index (χ3v) is 3.17. The second-order valence-electron chi connectivity index (χ2n) is 4.53. The Morgan fingerprint density at radius 1 is 1.25 bits per heavy atom. The lowest BCUT2D eigenvalue weighted by Gasteiger charge is -2.25. The van der Waals surface area contributed by atoms with Crippen LogP contribution in [0.3, 0.4) is 0 Å². The minimum atomic E-state index is -0.951. The van der Waals surface area contributed by atoms with E-state index in [-0.39, 0.29) is 11.4 Å². The summed E-state index contributed by atoms with van der Waals surface area (Å²) in [5.74, 6) is -1.24. The van der Waals surface area contributed by atoms with Crippen molar-refractivity contribution in [3.63, 3.8) is 0 Å². The number of carbonyl (C=O) groups is 1. The molecule has 0 atom stereocenters. The van der Waals surface area contributed by atoms with Gasteiger partial charge in [0.05, 0.1) is 5.56 Å². The normalized spacial score (nSPS) is 10.3. The predicted octanol–water partition coefficient (Wildman–Crippen LogP) is 3.99. The van der Waals surface area contributed by atoms with Crippen LogP contribution < -0.4 is 4.90 Å². The monoisotopic (exact) mass is 273 g/mol. The van der Waals surface area contributed by atoms with Crippen LogP contribution in [0.15, 0.2) is 42.5 Å². The van der Waals surface area contributed by atoms with E-state index < -0.39 is 5.97 Å². The molecule has 0 saturated carbocycles. The second-order valence-corrected chi connectivity index (χ2v) is 4.53. The van der Waals surface area contributed by atoms with Crippen LogP contribution in [-0.4, -0.2) is 17.6 Å². The predicted molar refractivity (Wildman–Crippen MR) is 77.2 cm³/mol. The summed E-state index contributed by atoms with van der Waals surface area (Å²) in [5.41, 5.74) is 2.72. The largest absolute Gasteiger partial charge is 0.478 e. The zero-order chi connectivity index (χ0) is 14.7. The molecule has 0 unspecified atom stereocenters. The molecule has 0 heterocycles. The van der Waals surface area contributed by atoms with E-state index in [0.29, 0.717) is 6.54 Å². The van der Waals surface area contributed by atoms with Crippen molar-refractivity contribution in [2.24, 2.45) is 0 Å². The third kappa shape index (κ3) is 2.79. The highest BCUT2D eigenvalue weighted by Crippen LogP contribution is 2.29. The fraction of sp³-hybridized carbons (Fsp3) is 0.188. The molecule has 0 spiro atoms. The average Bonchev–Trinajstić information content (AvgIpc) is 2.41. The first-order chi connectivity index (χ1) is 9.52. The van der Waals surface area contributed by atoms with Gasteiger partial charge in [0, 0.05) is 17.9 Å². The summed E-state index contributed by atoms with van der Waals surface area (Å²) in [6.07, 6.45) is 0. The molecule has 1 N–H and O–H groups in total. The first kappa shape index (κ1) is 14.1. The first-order valence-corrected chi connectivity index (χ1v) is 6.40. The van der Waals surface area contributed by atoms with E-state index in [1.54, 1.807) is 24.3 Å². The van der Waals surface area contributed by atoms with Crippen molar-refractivity contribution < 1.29 is 14.3 Å². The Balaban J connectivity index is 2.44. The summed E-state index contributed by atoms with van der Waals surface area (Å²) in [5, 5.41) is 8.99. The smallest absolute Gasteiger partial charge is 0.335 e. The first-order valence-electron chi connectivity index (χ1n) is 6.40. The topological polar surface area (TPSA) is 40.5 Å². The number of anilines is 2. The highest BCUT2D eigenvalue weighted by Gasteiger charge is 2.12. The Morgan fingerprint density at radius 3 is 2.55 bits per heavy atom. The van der Waals surface area contributed by atoms with Gasteiger partial charge in [-0.05, 0) is 55.8 Å². The number of halogens is 1. The molecule has 0 aliphatic carbocycles. The Bertz CT molecular complexity index is 640. The average molecular weight is 273 g/mol. The van der Waals surface area contributed by atoms with Gasteiger partial charge in [-0.25, -0.2) is 9.18 Å². The summed E-state index contributed by atoms with van der Waals surface area (Å²) in [4.78, 5) is 12.9. The van der Waals surface area contributed by atoms with E-state index in [1.807, 2.05) is 24.8 Å². The number of benzene rings is 2. The van der Waals surface area contributed by atoms with Crippen molar-refractivity contribution in [3.05, 3.63) is 59.4 Å². The van der Waals surface area contributed by atoms with Crippen LogP contribution in [0, 0.1) is 12.7 Å². The number of hydrogen-bond acceptors (Lipinski definition) is 2. The molecular weight excluding hydrogens is 257 g/mol. The van der Waals surface area contributed by atoms with E-state index in [9.17, 15) is 9.18 Å². The van der Waals surface area contributed by atoms with Crippen molar-refractivity contribution >= 4 is 17.3 Å². The highest BCUT2D eigenvalue weighted by atomic mass is 19.1. The lowest BCUT2D eigenvalue weighted by atomic mass is 10.1. The highest BCUT2D eigenvalue weighted by molar-refractivity contribution is 5.88. The van der Waals surface area contributed by atoms with Crippen LogP contribution in [0.4, 0.5) is 15.8 Å². The zero-order valence-electron chi connectivity index (χ0n) is 11.4. The van der Waals surface area contributed by atoms with E-state index in [2.05, 4.69) is 0 Å². The van der Waals surface area contributed by atoms with E-state index in [0.717, 1.165) is 16.9 Å². The number of aromatic carboxylic acids is 1. The molecule has 2 rings (SSSR count). The zero-order valence-corrected chi connectivity index (χ0v) is 11.4. The Morgan fingerprint density at radius 2 is 2.00 bits per heavy atom. The molecule has 104 valence electrons. The molecule has 3 nitrogen and oxygen atoms in total. The second kappa shape index (κ2) is 5.74. The van der Waals surface area contributed by atoms with Gasteiger partial charge < -0.3 is 10.0 Å². The maximum Gasteiger partial charge on any atom is 0.335 e. The van der Waals surface area contributed by atoms with Gasteiger partial charge in [-0.3, -0.25) is 0 Å². The minimum Gasteiger partial charge on any atom is -0.478 e. The molecule has 2 aromatic rings. The van der Waals surface area contributed by atoms with Crippen molar-refractivity contribution in [2.75, 3.05) is 11.4 Å². The molecule has 0 aromatic heterocycles. The van der Waals surface area contributed by atoms with E-state index in [1.165, 1.54) is 12.1 Å². The number of carboxylic acid groups (broad SMARTS) is 1. The van der Waals surface area contributed by atoms with Crippen molar-refractivity contribution in [3.8, 4) is 0 Å². The van der Waals surface area contributed by atoms with Crippen LogP contribution in [0.25, 0.3) is 0 Å². The Hall–Kier alpha value is -2.36. The van der Waals surface area contributed by atoms with Crippen molar-refractivity contribution in [1.82, 2.24) is 0 Å². The summed E-state index contributed by atoms with van der Waals surface area (Å²) in [7, 11) is 0. The SMILES string of the molecule is CCN(c1cccc(F)c1)c1ccc(C(=O)O)cc1C. The maximum absolute atomic E-state index is 13.3. The Kier molecular flexibility index (Phi) is 4.03. The molecule has 0 saturated heterocycles. The standard InChI is InChI=1S/C16H16FNO2/c1-3-18(14-6-4-5-13(17)10-14)15-8-7-12(16(19)20)9-11(15)2/h4-10H,3H2,1-2H3,(H,19,20). The molecule has 0 bridgehead atoms. The van der Waals surface area contributed by atoms with Gasteiger partial charge in [-0.1, -0.05) is 6.07 Å². The number of carboxylic acids is 1. The molecule has 0 amide bonds. The van der Waals surface area contributed by atoms with Gasteiger partial charge in [0.25, 0.3) is 0 Å². The Labute approximate surface area is 117 Å². The fourth-order valence-electron chi connectivity index (χ4n) is 2.23. The van der Waals surface area contributed by atoms with Crippen molar-refractivity contribution in [1.29, 1.82) is 0 Å². The molecular formula is C16H16FNO2. The van der Waals surface area contributed by atoms with E-state index in [4.69, 9.17) is 5.11 Å². The van der Waals surface area contributed by atoms with Crippen LogP contribution in [0.5, 0.6) is 0 Å².